The zero-order chi connectivity index (χ0) is 17.9. The van der Waals surface area contributed by atoms with E-state index in [0.717, 1.165) is 61.2 Å². The predicted octanol–water partition coefficient (Wildman–Crippen LogP) is 1.81. The summed E-state index contributed by atoms with van der Waals surface area (Å²) >= 11 is 0. The molecular weight excluding hydrogens is 326 g/mol. The Bertz CT molecular complexity index is 873. The number of nitrogens with zero attached hydrogens (tertiary/aromatic N) is 7. The van der Waals surface area contributed by atoms with E-state index in [1.807, 2.05) is 26.2 Å². The highest BCUT2D eigenvalue weighted by Gasteiger charge is 2.22. The van der Waals surface area contributed by atoms with Gasteiger partial charge in [0.25, 0.3) is 0 Å². The van der Waals surface area contributed by atoms with Gasteiger partial charge in [0, 0.05) is 44.0 Å². The summed E-state index contributed by atoms with van der Waals surface area (Å²) in [6, 6.07) is 10.1. The van der Waals surface area contributed by atoms with Crippen molar-refractivity contribution < 1.29 is 0 Å². The van der Waals surface area contributed by atoms with Crippen LogP contribution in [0.5, 0.6) is 0 Å². The third kappa shape index (κ3) is 3.43. The van der Waals surface area contributed by atoms with Crippen molar-refractivity contribution in [3.8, 4) is 0 Å². The van der Waals surface area contributed by atoms with Gasteiger partial charge in [-0.1, -0.05) is 12.1 Å². The largest absolute Gasteiger partial charge is 0.352 e. The van der Waals surface area contributed by atoms with Crippen LogP contribution in [0.4, 0.5) is 11.8 Å². The molecule has 1 aliphatic heterocycles. The van der Waals surface area contributed by atoms with Gasteiger partial charge >= 0.3 is 0 Å². The molecule has 0 amide bonds. The number of fused-ring (bicyclic) bond motifs is 1. The maximum Gasteiger partial charge on any atom is 0.225 e. The van der Waals surface area contributed by atoms with Gasteiger partial charge < -0.3 is 14.7 Å². The van der Waals surface area contributed by atoms with Crippen LogP contribution in [0.25, 0.3) is 10.9 Å². The monoisotopic (exact) mass is 349 g/mol. The molecule has 0 saturated carbocycles. The van der Waals surface area contributed by atoms with E-state index in [4.69, 9.17) is 9.97 Å². The Kier molecular flexibility index (Phi) is 4.62. The third-order valence-electron chi connectivity index (χ3n) is 4.50. The number of aromatic nitrogens is 4. The van der Waals surface area contributed by atoms with Crippen molar-refractivity contribution in [1.29, 1.82) is 0 Å². The highest BCUT2D eigenvalue weighted by molar-refractivity contribution is 5.89. The lowest BCUT2D eigenvalue weighted by Crippen LogP contribution is -2.47. The van der Waals surface area contributed by atoms with Gasteiger partial charge in [-0.15, -0.1) is 0 Å². The molecule has 4 rings (SSSR count). The first-order valence-corrected chi connectivity index (χ1v) is 8.88. The summed E-state index contributed by atoms with van der Waals surface area (Å²) in [5, 5.41) is 1.11. The summed E-state index contributed by atoms with van der Waals surface area (Å²) < 4.78 is 0. The molecule has 26 heavy (non-hydrogen) atoms. The fourth-order valence-corrected chi connectivity index (χ4v) is 3.27. The van der Waals surface area contributed by atoms with Crippen molar-refractivity contribution in [3.05, 3.63) is 48.5 Å². The molecule has 134 valence electrons. The molecule has 7 heteroatoms. The van der Waals surface area contributed by atoms with E-state index < -0.39 is 0 Å². The summed E-state index contributed by atoms with van der Waals surface area (Å²) in [5.74, 6) is 2.69. The molecule has 1 saturated heterocycles. The second-order valence-corrected chi connectivity index (χ2v) is 6.74. The lowest BCUT2D eigenvalue weighted by atomic mass is 10.2. The molecule has 7 nitrogen and oxygen atoms in total. The lowest BCUT2D eigenvalue weighted by Gasteiger charge is -2.35. The number of anilines is 2. The molecule has 0 N–H and O–H groups in total. The third-order valence-corrected chi connectivity index (χ3v) is 4.50. The number of rotatable bonds is 4. The van der Waals surface area contributed by atoms with E-state index in [0.29, 0.717) is 0 Å². The topological polar surface area (TPSA) is 61.3 Å². The predicted molar refractivity (Wildman–Crippen MR) is 103 cm³/mol. The second-order valence-electron chi connectivity index (χ2n) is 6.74. The average Bonchev–Trinajstić information content (AvgIpc) is 2.68. The van der Waals surface area contributed by atoms with Crippen molar-refractivity contribution >= 4 is 22.7 Å². The van der Waals surface area contributed by atoms with Crippen molar-refractivity contribution in [2.75, 3.05) is 50.1 Å². The van der Waals surface area contributed by atoms with Crippen molar-refractivity contribution in [3.63, 3.8) is 0 Å². The van der Waals surface area contributed by atoms with Gasteiger partial charge in [0.2, 0.25) is 5.95 Å². The molecule has 0 spiro atoms. The normalized spacial score (nSPS) is 15.0. The van der Waals surface area contributed by atoms with Gasteiger partial charge in [-0.25, -0.2) is 19.9 Å². The quantitative estimate of drug-likeness (QED) is 0.712. The molecule has 3 aromatic rings. The Morgan fingerprint density at radius 3 is 2.31 bits per heavy atom. The minimum Gasteiger partial charge on any atom is -0.352 e. The molecule has 0 aliphatic carbocycles. The zero-order valence-corrected chi connectivity index (χ0v) is 15.2. The Balaban J connectivity index is 1.60. The van der Waals surface area contributed by atoms with Gasteiger partial charge in [-0.3, -0.25) is 0 Å². The maximum absolute atomic E-state index is 4.89. The molecule has 1 aliphatic rings. The van der Waals surface area contributed by atoms with Crippen molar-refractivity contribution in [2.45, 2.75) is 6.54 Å². The molecule has 2 aromatic heterocycles. The number of piperazine rings is 1. The Morgan fingerprint density at radius 2 is 1.58 bits per heavy atom. The van der Waals surface area contributed by atoms with Gasteiger partial charge in [-0.05, 0) is 32.3 Å². The molecule has 0 atom stereocenters. The molecule has 0 unspecified atom stereocenters. The number of para-hydroxylation sites is 1. The molecule has 1 aromatic carbocycles. The van der Waals surface area contributed by atoms with Crippen LogP contribution in [0.15, 0.2) is 42.7 Å². The van der Waals surface area contributed by atoms with Gasteiger partial charge in [0.05, 0.1) is 12.1 Å². The Labute approximate surface area is 153 Å². The van der Waals surface area contributed by atoms with Crippen LogP contribution < -0.4 is 9.80 Å². The van der Waals surface area contributed by atoms with Crippen molar-refractivity contribution in [1.82, 2.24) is 24.8 Å². The molecule has 1 fully saturated rings. The van der Waals surface area contributed by atoms with E-state index >= 15 is 0 Å². The van der Waals surface area contributed by atoms with Crippen LogP contribution >= 0.6 is 0 Å². The second kappa shape index (κ2) is 7.21. The van der Waals surface area contributed by atoms with Crippen molar-refractivity contribution in [2.24, 2.45) is 0 Å². The standard InChI is InChI=1S/C19H23N7/c1-24(2)14-17-22-16-7-4-3-6-15(16)18(23-17)25-10-12-26(13-11-25)19-20-8-5-9-21-19/h3-9H,10-14H2,1-2H3. The fraction of sp³-hybridized carbons (Fsp3) is 0.368. The van der Waals surface area contributed by atoms with E-state index in [2.05, 4.69) is 42.9 Å². The lowest BCUT2D eigenvalue weighted by molar-refractivity contribution is 0.391. The van der Waals surface area contributed by atoms with Gasteiger partial charge in [0.1, 0.15) is 11.6 Å². The average molecular weight is 349 g/mol. The van der Waals surface area contributed by atoms with Crippen LogP contribution in [-0.4, -0.2) is 65.1 Å². The molecule has 3 heterocycles. The number of benzene rings is 1. The first-order chi connectivity index (χ1) is 12.7. The first kappa shape index (κ1) is 16.7. The minimum absolute atomic E-state index is 0.732. The van der Waals surface area contributed by atoms with Crippen LogP contribution in [0.2, 0.25) is 0 Å². The number of hydrogen-bond acceptors (Lipinski definition) is 7. The van der Waals surface area contributed by atoms with Crippen LogP contribution in [0.1, 0.15) is 5.82 Å². The van der Waals surface area contributed by atoms with Gasteiger partial charge in [0.15, 0.2) is 0 Å². The van der Waals surface area contributed by atoms with Crippen LogP contribution in [-0.2, 0) is 6.54 Å². The number of hydrogen-bond donors (Lipinski definition) is 0. The Morgan fingerprint density at radius 1 is 0.885 bits per heavy atom. The summed E-state index contributed by atoms with van der Waals surface area (Å²) in [4.78, 5) is 25.0. The fourth-order valence-electron chi connectivity index (χ4n) is 3.27. The Hall–Kier alpha value is -2.80. The molecule has 0 radical (unpaired) electrons. The zero-order valence-electron chi connectivity index (χ0n) is 15.2. The summed E-state index contributed by atoms with van der Waals surface area (Å²) in [5.41, 5.74) is 1.00. The summed E-state index contributed by atoms with van der Waals surface area (Å²) in [6.07, 6.45) is 3.58. The SMILES string of the molecule is CN(C)Cc1nc(N2CCN(c3ncccn3)CC2)c2ccccc2n1. The highest BCUT2D eigenvalue weighted by atomic mass is 15.3. The summed E-state index contributed by atoms with van der Waals surface area (Å²) in [7, 11) is 4.08. The van der Waals surface area contributed by atoms with Gasteiger partial charge in [-0.2, -0.15) is 0 Å². The van der Waals surface area contributed by atoms with E-state index in [9.17, 15) is 0 Å². The summed E-state index contributed by atoms with van der Waals surface area (Å²) in [6.45, 7) is 4.27. The molecular formula is C19H23N7. The van der Waals surface area contributed by atoms with E-state index in [1.165, 1.54) is 0 Å². The van der Waals surface area contributed by atoms with E-state index in [-0.39, 0.29) is 0 Å². The van der Waals surface area contributed by atoms with E-state index in [1.54, 1.807) is 12.4 Å². The maximum atomic E-state index is 4.89. The van der Waals surface area contributed by atoms with Crippen LogP contribution in [0, 0.1) is 0 Å². The first-order valence-electron chi connectivity index (χ1n) is 8.88. The highest BCUT2D eigenvalue weighted by Crippen LogP contribution is 2.25. The molecule has 0 bridgehead atoms. The smallest absolute Gasteiger partial charge is 0.225 e. The minimum atomic E-state index is 0.732. The van der Waals surface area contributed by atoms with Crippen LogP contribution in [0.3, 0.4) is 0 Å².